The van der Waals surface area contributed by atoms with E-state index in [-0.39, 0.29) is 11.3 Å². The fourth-order valence-corrected chi connectivity index (χ4v) is 4.09. The molecule has 2 aromatic rings. The van der Waals surface area contributed by atoms with Crippen LogP contribution in [0.1, 0.15) is 38.1 Å². The Labute approximate surface area is 205 Å². The zero-order chi connectivity index (χ0) is 25.4. The number of hydrogen-bond donors (Lipinski definition) is 1. The Morgan fingerprint density at radius 1 is 1.06 bits per heavy atom. The van der Waals surface area contributed by atoms with E-state index in [1.165, 1.54) is 12.1 Å². The van der Waals surface area contributed by atoms with Crippen LogP contribution < -0.4 is 24.6 Å². The fraction of sp³-hybridized carbons (Fsp3) is 0.480. The highest BCUT2D eigenvalue weighted by molar-refractivity contribution is 6.09. The van der Waals surface area contributed by atoms with Gasteiger partial charge in [-0.25, -0.2) is 0 Å². The lowest BCUT2D eigenvalue weighted by Crippen LogP contribution is -2.36. The molecule has 1 saturated heterocycles. The molecule has 3 rings (SSSR count). The van der Waals surface area contributed by atoms with Gasteiger partial charge in [0.25, 0.3) is 11.6 Å². The molecule has 1 fully saturated rings. The van der Waals surface area contributed by atoms with Gasteiger partial charge in [0.1, 0.15) is 11.5 Å². The molecule has 1 amide bonds. The number of ether oxygens (including phenoxy) is 3. The molecule has 0 saturated carbocycles. The average molecular weight is 487 g/mol. The van der Waals surface area contributed by atoms with Crippen molar-refractivity contribution in [1.29, 1.82) is 0 Å². The third-order valence-electron chi connectivity index (χ3n) is 5.80. The molecule has 0 radical (unpaired) electrons. The fourth-order valence-electron chi connectivity index (χ4n) is 4.09. The number of carbonyl (C=O) groups is 1. The molecule has 0 unspecified atom stereocenters. The number of amides is 1. The second-order valence-electron chi connectivity index (χ2n) is 7.87. The molecule has 190 valence electrons. The smallest absolute Gasteiger partial charge is 0.270 e. The van der Waals surface area contributed by atoms with E-state index in [1.807, 2.05) is 38.7 Å². The summed E-state index contributed by atoms with van der Waals surface area (Å²) in [5.74, 6) is 0.662. The van der Waals surface area contributed by atoms with Gasteiger partial charge in [0.15, 0.2) is 0 Å². The van der Waals surface area contributed by atoms with E-state index in [9.17, 15) is 14.9 Å². The van der Waals surface area contributed by atoms with E-state index >= 15 is 0 Å². The maximum Gasteiger partial charge on any atom is 0.270 e. The van der Waals surface area contributed by atoms with Gasteiger partial charge in [-0.2, -0.15) is 0 Å². The minimum absolute atomic E-state index is 0.145. The number of nitrogens with zero attached hydrogens (tertiary/aromatic N) is 3. The van der Waals surface area contributed by atoms with Crippen LogP contribution in [0, 0.1) is 10.1 Å². The summed E-state index contributed by atoms with van der Waals surface area (Å²) >= 11 is 0. The first-order valence-electron chi connectivity index (χ1n) is 12.0. The Kier molecular flexibility index (Phi) is 9.13. The van der Waals surface area contributed by atoms with Gasteiger partial charge < -0.3 is 29.3 Å². The first-order chi connectivity index (χ1) is 16.9. The minimum atomic E-state index is -0.501. The van der Waals surface area contributed by atoms with Crippen LogP contribution in [0.5, 0.6) is 11.5 Å². The summed E-state index contributed by atoms with van der Waals surface area (Å²) in [6.07, 6.45) is 0. The molecule has 2 aromatic carbocycles. The highest BCUT2D eigenvalue weighted by Crippen LogP contribution is 2.40. The minimum Gasteiger partial charge on any atom is -0.492 e. The van der Waals surface area contributed by atoms with Gasteiger partial charge in [0.2, 0.25) is 0 Å². The van der Waals surface area contributed by atoms with Crippen molar-refractivity contribution in [1.82, 2.24) is 0 Å². The SMILES string of the molecule is CCOc1cc(N2CCOCC2)c(OCC)cc1NC(=O)c1cc([N+](=O)[O-])ccc1N(CC)CC. The van der Waals surface area contributed by atoms with Crippen LogP contribution in [0.2, 0.25) is 0 Å². The van der Waals surface area contributed by atoms with E-state index in [0.717, 1.165) is 18.8 Å². The van der Waals surface area contributed by atoms with Gasteiger partial charge in [0, 0.05) is 50.4 Å². The van der Waals surface area contributed by atoms with Gasteiger partial charge in [-0.1, -0.05) is 0 Å². The topological polar surface area (TPSA) is 106 Å². The Morgan fingerprint density at radius 2 is 1.71 bits per heavy atom. The van der Waals surface area contributed by atoms with Crippen LogP contribution in [0.4, 0.5) is 22.7 Å². The third-order valence-corrected chi connectivity index (χ3v) is 5.80. The summed E-state index contributed by atoms with van der Waals surface area (Å²) < 4.78 is 17.3. The molecule has 1 aliphatic heterocycles. The first-order valence-corrected chi connectivity index (χ1v) is 12.0. The summed E-state index contributed by atoms with van der Waals surface area (Å²) in [6, 6.07) is 7.98. The molecule has 0 bridgehead atoms. The van der Waals surface area contributed by atoms with Crippen LogP contribution in [-0.2, 0) is 4.74 Å². The number of nitrogens with one attached hydrogen (secondary N) is 1. The second-order valence-corrected chi connectivity index (χ2v) is 7.87. The van der Waals surface area contributed by atoms with Crippen LogP contribution in [-0.4, -0.2) is 63.4 Å². The van der Waals surface area contributed by atoms with Crippen molar-refractivity contribution in [2.75, 3.05) is 67.7 Å². The monoisotopic (exact) mass is 486 g/mol. The van der Waals surface area contributed by atoms with E-state index in [1.54, 1.807) is 12.1 Å². The molecule has 0 aromatic heterocycles. The van der Waals surface area contributed by atoms with Crippen LogP contribution in [0.25, 0.3) is 0 Å². The highest BCUT2D eigenvalue weighted by atomic mass is 16.6. The van der Waals surface area contributed by atoms with Crippen LogP contribution in [0.3, 0.4) is 0 Å². The van der Waals surface area contributed by atoms with Gasteiger partial charge >= 0.3 is 0 Å². The number of rotatable bonds is 11. The summed E-state index contributed by atoms with van der Waals surface area (Å²) in [4.78, 5) is 28.5. The lowest BCUT2D eigenvalue weighted by atomic mass is 10.1. The Balaban J connectivity index is 2.03. The molecular formula is C25H34N4O6. The van der Waals surface area contributed by atoms with Crippen LogP contribution >= 0.6 is 0 Å². The van der Waals surface area contributed by atoms with Crippen LogP contribution in [0.15, 0.2) is 30.3 Å². The van der Waals surface area contributed by atoms with Crippen molar-refractivity contribution in [2.45, 2.75) is 27.7 Å². The van der Waals surface area contributed by atoms with Crippen molar-refractivity contribution in [3.8, 4) is 11.5 Å². The largest absolute Gasteiger partial charge is 0.492 e. The number of nitro groups is 1. The normalized spacial score (nSPS) is 13.3. The number of hydrogen-bond acceptors (Lipinski definition) is 8. The van der Waals surface area contributed by atoms with E-state index in [4.69, 9.17) is 14.2 Å². The summed E-state index contributed by atoms with van der Waals surface area (Å²) in [7, 11) is 0. The number of morpholine rings is 1. The maximum absolute atomic E-state index is 13.5. The lowest BCUT2D eigenvalue weighted by Gasteiger charge is -2.31. The van der Waals surface area contributed by atoms with Gasteiger partial charge in [0.05, 0.1) is 54.0 Å². The van der Waals surface area contributed by atoms with Gasteiger partial charge in [-0.05, 0) is 33.8 Å². The van der Waals surface area contributed by atoms with Crippen molar-refractivity contribution < 1.29 is 23.9 Å². The molecule has 1 heterocycles. The van der Waals surface area contributed by atoms with Gasteiger partial charge in [-0.3, -0.25) is 14.9 Å². The third kappa shape index (κ3) is 6.13. The number of carbonyl (C=O) groups excluding carboxylic acids is 1. The molecular weight excluding hydrogens is 452 g/mol. The Bertz CT molecular complexity index is 1030. The van der Waals surface area contributed by atoms with E-state index < -0.39 is 10.8 Å². The maximum atomic E-state index is 13.5. The molecule has 0 atom stereocenters. The standard InChI is InChI=1S/C25H34N4O6/c1-5-27(6-2)21-10-9-18(29(31)32)15-19(21)25(30)26-20-16-24(35-8-4)22(17-23(20)34-7-3)28-11-13-33-14-12-28/h9-10,15-17H,5-8,11-14H2,1-4H3,(H,26,30). The zero-order valence-corrected chi connectivity index (χ0v) is 20.8. The Morgan fingerprint density at radius 3 is 2.31 bits per heavy atom. The van der Waals surface area contributed by atoms with Crippen molar-refractivity contribution in [3.63, 3.8) is 0 Å². The zero-order valence-electron chi connectivity index (χ0n) is 20.8. The summed E-state index contributed by atoms with van der Waals surface area (Å²) in [5.41, 5.74) is 2.02. The highest BCUT2D eigenvalue weighted by Gasteiger charge is 2.23. The molecule has 10 heteroatoms. The number of benzene rings is 2. The summed E-state index contributed by atoms with van der Waals surface area (Å²) in [5, 5.41) is 14.3. The number of non-ortho nitro benzene ring substituents is 1. The summed E-state index contributed by atoms with van der Waals surface area (Å²) in [6.45, 7) is 12.6. The second kappa shape index (κ2) is 12.3. The lowest BCUT2D eigenvalue weighted by molar-refractivity contribution is -0.384. The Hall–Kier alpha value is -3.53. The predicted molar refractivity (Wildman–Crippen MR) is 136 cm³/mol. The molecule has 1 N–H and O–H groups in total. The number of anilines is 3. The molecule has 0 spiro atoms. The molecule has 0 aliphatic carbocycles. The van der Waals surface area contributed by atoms with Crippen molar-refractivity contribution >= 4 is 28.7 Å². The van der Waals surface area contributed by atoms with Crippen molar-refractivity contribution in [3.05, 3.63) is 46.0 Å². The average Bonchev–Trinajstić information content (AvgIpc) is 2.87. The molecule has 35 heavy (non-hydrogen) atoms. The molecule has 1 aliphatic rings. The quantitative estimate of drug-likeness (QED) is 0.370. The van der Waals surface area contributed by atoms with Crippen molar-refractivity contribution in [2.24, 2.45) is 0 Å². The molecule has 10 nitrogen and oxygen atoms in total. The first kappa shape index (κ1) is 26.1. The predicted octanol–water partition coefficient (Wildman–Crippen LogP) is 4.33. The van der Waals surface area contributed by atoms with E-state index in [2.05, 4.69) is 10.2 Å². The van der Waals surface area contributed by atoms with Gasteiger partial charge in [-0.15, -0.1) is 0 Å². The number of nitro benzene ring substituents is 1. The van der Waals surface area contributed by atoms with E-state index in [0.29, 0.717) is 62.4 Å².